The summed E-state index contributed by atoms with van der Waals surface area (Å²) >= 11 is 1.33. The molecule has 0 radical (unpaired) electrons. The van der Waals surface area contributed by atoms with Crippen molar-refractivity contribution in [2.75, 3.05) is 6.54 Å². The molecule has 2 unspecified atom stereocenters. The van der Waals surface area contributed by atoms with Gasteiger partial charge in [0.15, 0.2) is 0 Å². The summed E-state index contributed by atoms with van der Waals surface area (Å²) in [7, 11) is -3.44. The lowest BCUT2D eigenvalue weighted by Gasteiger charge is -2.15. The number of nitrogens with one attached hydrogen (secondary N) is 1. The van der Waals surface area contributed by atoms with Gasteiger partial charge in [-0.15, -0.1) is 11.3 Å². The minimum Gasteiger partial charge on any atom is -0.391 e. The Balaban J connectivity index is 2.07. The molecule has 1 heterocycles. The molecule has 1 fully saturated rings. The molecular weight excluding hydrogens is 282 g/mol. The van der Waals surface area contributed by atoms with E-state index in [1.54, 1.807) is 13.0 Å². The first kappa shape index (κ1) is 15.0. The highest BCUT2D eigenvalue weighted by Crippen LogP contribution is 2.31. The molecule has 1 aliphatic carbocycles. The number of thiophene rings is 1. The monoisotopic (exact) mass is 303 g/mol. The Labute approximate surface area is 118 Å². The van der Waals surface area contributed by atoms with Crippen LogP contribution >= 0.6 is 11.3 Å². The van der Waals surface area contributed by atoms with E-state index in [-0.39, 0.29) is 6.61 Å². The molecule has 6 heteroatoms. The van der Waals surface area contributed by atoms with Gasteiger partial charge in [0.2, 0.25) is 10.0 Å². The van der Waals surface area contributed by atoms with Crippen LogP contribution in [0, 0.1) is 18.8 Å². The van der Waals surface area contributed by atoms with Crippen LogP contribution in [0.15, 0.2) is 11.0 Å². The number of sulfonamides is 1. The first-order valence-electron chi connectivity index (χ1n) is 6.64. The van der Waals surface area contributed by atoms with Crippen molar-refractivity contribution in [2.24, 2.45) is 11.8 Å². The van der Waals surface area contributed by atoms with Gasteiger partial charge in [-0.3, -0.25) is 0 Å². The fourth-order valence-corrected chi connectivity index (χ4v) is 5.28. The van der Waals surface area contributed by atoms with Crippen LogP contribution in [-0.4, -0.2) is 20.1 Å². The van der Waals surface area contributed by atoms with Crippen molar-refractivity contribution in [3.05, 3.63) is 15.8 Å². The van der Waals surface area contributed by atoms with Gasteiger partial charge in [-0.2, -0.15) is 0 Å². The second-order valence-electron chi connectivity index (χ2n) is 5.31. The van der Waals surface area contributed by atoms with Crippen molar-refractivity contribution in [2.45, 2.75) is 44.6 Å². The summed E-state index contributed by atoms with van der Waals surface area (Å²) in [6.07, 6.45) is 3.49. The molecule has 108 valence electrons. The van der Waals surface area contributed by atoms with E-state index in [0.717, 1.165) is 11.3 Å². The highest BCUT2D eigenvalue weighted by molar-refractivity contribution is 7.89. The molecule has 19 heavy (non-hydrogen) atoms. The van der Waals surface area contributed by atoms with Crippen molar-refractivity contribution in [1.29, 1.82) is 0 Å². The van der Waals surface area contributed by atoms with E-state index < -0.39 is 10.0 Å². The predicted octanol–water partition coefficient (Wildman–Crippen LogP) is 2.26. The summed E-state index contributed by atoms with van der Waals surface area (Å²) in [6, 6.07) is 1.57. The third-order valence-electron chi connectivity index (χ3n) is 3.94. The Bertz CT molecular complexity index is 536. The fourth-order valence-electron chi connectivity index (χ4n) is 2.69. The third-order valence-corrected chi connectivity index (χ3v) is 6.66. The Morgan fingerprint density at radius 3 is 2.74 bits per heavy atom. The van der Waals surface area contributed by atoms with Crippen LogP contribution in [0.25, 0.3) is 0 Å². The molecule has 0 spiro atoms. The quantitative estimate of drug-likeness (QED) is 0.877. The molecule has 0 bridgehead atoms. The van der Waals surface area contributed by atoms with Crippen LogP contribution in [0.5, 0.6) is 0 Å². The van der Waals surface area contributed by atoms with E-state index in [1.165, 1.54) is 24.2 Å². The molecule has 2 N–H and O–H groups in total. The minimum atomic E-state index is -3.44. The first-order valence-corrected chi connectivity index (χ1v) is 8.94. The average molecular weight is 303 g/mol. The largest absolute Gasteiger partial charge is 0.391 e. The van der Waals surface area contributed by atoms with Crippen molar-refractivity contribution in [1.82, 2.24) is 4.72 Å². The number of hydrogen-bond donors (Lipinski definition) is 2. The van der Waals surface area contributed by atoms with Crippen LogP contribution in [0.3, 0.4) is 0 Å². The van der Waals surface area contributed by atoms with Gasteiger partial charge in [0.05, 0.1) is 11.5 Å². The van der Waals surface area contributed by atoms with Gasteiger partial charge < -0.3 is 5.11 Å². The highest BCUT2D eigenvalue weighted by atomic mass is 32.2. The highest BCUT2D eigenvalue weighted by Gasteiger charge is 2.26. The van der Waals surface area contributed by atoms with Crippen LogP contribution < -0.4 is 4.72 Å². The van der Waals surface area contributed by atoms with Crippen LogP contribution in [0.4, 0.5) is 0 Å². The number of aryl methyl sites for hydroxylation is 1. The second kappa shape index (κ2) is 5.91. The standard InChI is InChI=1S/C13H21NO3S2/c1-9-4-3-5-11(9)7-14-19(16,17)13-6-12(8-15)18-10(13)2/h6,9,11,14-15H,3-5,7-8H2,1-2H3. The lowest BCUT2D eigenvalue weighted by Crippen LogP contribution is -2.30. The van der Waals surface area contributed by atoms with Gasteiger partial charge in [-0.25, -0.2) is 13.1 Å². The predicted molar refractivity (Wildman–Crippen MR) is 76.7 cm³/mol. The zero-order chi connectivity index (χ0) is 14.0. The molecular formula is C13H21NO3S2. The summed E-state index contributed by atoms with van der Waals surface area (Å²) in [5, 5.41) is 9.07. The Morgan fingerprint density at radius 2 is 2.21 bits per heavy atom. The summed E-state index contributed by atoms with van der Waals surface area (Å²) < 4.78 is 27.2. The molecule has 1 aromatic rings. The molecule has 1 saturated carbocycles. The molecule has 0 aliphatic heterocycles. The molecule has 1 aromatic heterocycles. The maximum atomic E-state index is 12.3. The lowest BCUT2D eigenvalue weighted by atomic mass is 9.99. The normalized spacial score (nSPS) is 23.9. The molecule has 0 amide bonds. The minimum absolute atomic E-state index is 0.110. The third kappa shape index (κ3) is 3.37. The SMILES string of the molecule is Cc1sc(CO)cc1S(=O)(=O)NCC1CCCC1C. The smallest absolute Gasteiger partial charge is 0.241 e. The van der Waals surface area contributed by atoms with E-state index in [0.29, 0.717) is 28.2 Å². The topological polar surface area (TPSA) is 66.4 Å². The van der Waals surface area contributed by atoms with Gasteiger partial charge in [0, 0.05) is 16.3 Å². The summed E-state index contributed by atoms with van der Waals surface area (Å²) in [5.74, 6) is 1.05. The van der Waals surface area contributed by atoms with Gasteiger partial charge in [0.1, 0.15) is 0 Å². The van der Waals surface area contributed by atoms with E-state index in [2.05, 4.69) is 11.6 Å². The van der Waals surface area contributed by atoms with E-state index in [4.69, 9.17) is 5.11 Å². The maximum Gasteiger partial charge on any atom is 0.241 e. The summed E-state index contributed by atoms with van der Waals surface area (Å²) in [4.78, 5) is 1.73. The molecule has 0 aromatic carbocycles. The van der Waals surface area contributed by atoms with Crippen LogP contribution in [-0.2, 0) is 16.6 Å². The summed E-state index contributed by atoms with van der Waals surface area (Å²) in [5.41, 5.74) is 0. The van der Waals surface area contributed by atoms with Crippen molar-refractivity contribution >= 4 is 21.4 Å². The van der Waals surface area contributed by atoms with Gasteiger partial charge >= 0.3 is 0 Å². The fraction of sp³-hybridized carbons (Fsp3) is 0.692. The number of rotatable bonds is 5. The molecule has 2 atom stereocenters. The van der Waals surface area contributed by atoms with Crippen LogP contribution in [0.2, 0.25) is 0 Å². The molecule has 4 nitrogen and oxygen atoms in total. The molecule has 0 saturated heterocycles. The maximum absolute atomic E-state index is 12.3. The second-order valence-corrected chi connectivity index (χ2v) is 8.39. The van der Waals surface area contributed by atoms with Gasteiger partial charge in [0.25, 0.3) is 0 Å². The average Bonchev–Trinajstić information content (AvgIpc) is 2.93. The zero-order valence-corrected chi connectivity index (χ0v) is 13.0. The summed E-state index contributed by atoms with van der Waals surface area (Å²) in [6.45, 7) is 4.37. The van der Waals surface area contributed by atoms with Crippen molar-refractivity contribution in [3.63, 3.8) is 0 Å². The lowest BCUT2D eigenvalue weighted by molar-refractivity contribution is 0.285. The van der Waals surface area contributed by atoms with Gasteiger partial charge in [-0.05, 0) is 31.2 Å². The Morgan fingerprint density at radius 1 is 1.47 bits per heavy atom. The molecule has 1 aliphatic rings. The van der Waals surface area contributed by atoms with Gasteiger partial charge in [-0.1, -0.05) is 19.8 Å². The van der Waals surface area contributed by atoms with Crippen LogP contribution in [0.1, 0.15) is 35.9 Å². The number of hydrogen-bond acceptors (Lipinski definition) is 4. The van der Waals surface area contributed by atoms with E-state index in [1.807, 2.05) is 0 Å². The first-order chi connectivity index (χ1) is 8.94. The Kier molecular flexibility index (Phi) is 4.66. The molecule has 2 rings (SSSR count). The zero-order valence-electron chi connectivity index (χ0n) is 11.3. The Hall–Kier alpha value is -0.430. The van der Waals surface area contributed by atoms with E-state index >= 15 is 0 Å². The number of aliphatic hydroxyl groups is 1. The van der Waals surface area contributed by atoms with E-state index in [9.17, 15) is 8.42 Å². The van der Waals surface area contributed by atoms with Crippen molar-refractivity contribution in [3.8, 4) is 0 Å². The number of aliphatic hydroxyl groups excluding tert-OH is 1. The van der Waals surface area contributed by atoms with Crippen molar-refractivity contribution < 1.29 is 13.5 Å².